The van der Waals surface area contributed by atoms with Gasteiger partial charge in [0, 0.05) is 18.5 Å². The minimum Gasteiger partial charge on any atom is -0.427 e. The van der Waals surface area contributed by atoms with E-state index in [0.717, 1.165) is 64.2 Å². The summed E-state index contributed by atoms with van der Waals surface area (Å²) in [7, 11) is 0. The van der Waals surface area contributed by atoms with Crippen molar-refractivity contribution in [1.29, 1.82) is 0 Å². The maximum Gasteiger partial charge on any atom is 0.314 e. The van der Waals surface area contributed by atoms with Gasteiger partial charge in [-0.25, -0.2) is 0 Å². The normalized spacial score (nSPS) is 20.3. The topological polar surface area (TPSA) is 161 Å². The Balaban J connectivity index is 1.10. The summed E-state index contributed by atoms with van der Waals surface area (Å²) in [5, 5.41) is 2.94. The second-order valence-corrected chi connectivity index (χ2v) is 14.7. The summed E-state index contributed by atoms with van der Waals surface area (Å²) in [6, 6.07) is 17.9. The Hall–Kier alpha value is -5.52. The fourth-order valence-electron chi connectivity index (χ4n) is 7.56. The highest BCUT2D eigenvalue weighted by atomic mass is 16.6. The van der Waals surface area contributed by atoms with Crippen molar-refractivity contribution in [3.63, 3.8) is 0 Å². The van der Waals surface area contributed by atoms with Crippen LogP contribution >= 0.6 is 0 Å². The molecule has 55 heavy (non-hydrogen) atoms. The first-order valence-electron chi connectivity index (χ1n) is 19.3. The second-order valence-electron chi connectivity index (χ2n) is 14.7. The zero-order chi connectivity index (χ0) is 38.7. The lowest BCUT2D eigenvalue weighted by Crippen LogP contribution is -2.45. The molecule has 2 atom stereocenters. The molecule has 0 spiro atoms. The molecule has 6 rings (SSSR count). The van der Waals surface area contributed by atoms with Crippen molar-refractivity contribution in [1.82, 2.24) is 5.32 Å². The van der Waals surface area contributed by atoms with E-state index in [1.807, 2.05) is 0 Å². The van der Waals surface area contributed by atoms with Gasteiger partial charge in [-0.3, -0.25) is 28.8 Å². The molecular formula is C43H47NO11. The van der Waals surface area contributed by atoms with Gasteiger partial charge in [-0.05, 0) is 118 Å². The summed E-state index contributed by atoms with van der Waals surface area (Å²) in [4.78, 5) is 76.9. The smallest absolute Gasteiger partial charge is 0.314 e. The molecular weight excluding hydrogens is 706 g/mol. The van der Waals surface area contributed by atoms with Crippen molar-refractivity contribution in [3.05, 3.63) is 78.4 Å². The van der Waals surface area contributed by atoms with E-state index in [4.69, 9.17) is 23.7 Å². The molecule has 0 radical (unpaired) electrons. The number of carbonyl (C=O) groups is 6. The molecule has 12 nitrogen and oxygen atoms in total. The molecule has 3 aromatic rings. The number of hydrogen-bond acceptors (Lipinski definition) is 11. The van der Waals surface area contributed by atoms with Crippen LogP contribution in [-0.4, -0.2) is 41.8 Å². The first-order valence-corrected chi connectivity index (χ1v) is 19.3. The Labute approximate surface area is 320 Å². The van der Waals surface area contributed by atoms with Crippen molar-refractivity contribution < 1.29 is 52.5 Å². The molecule has 1 amide bonds. The molecule has 0 heterocycles. The zero-order valence-electron chi connectivity index (χ0n) is 31.0. The highest BCUT2D eigenvalue weighted by molar-refractivity contribution is 5.94. The third-order valence-electron chi connectivity index (χ3n) is 10.5. The van der Waals surface area contributed by atoms with Crippen molar-refractivity contribution in [2.24, 2.45) is 23.7 Å². The minimum atomic E-state index is -0.770. The summed E-state index contributed by atoms with van der Waals surface area (Å²) in [5.74, 6) is -2.88. The molecule has 12 heteroatoms. The van der Waals surface area contributed by atoms with E-state index in [0.29, 0.717) is 17.1 Å². The van der Waals surface area contributed by atoms with Gasteiger partial charge in [0.25, 0.3) is 5.91 Å². The molecule has 3 aliphatic carbocycles. The Bertz CT molecular complexity index is 1730. The van der Waals surface area contributed by atoms with Gasteiger partial charge in [0.15, 0.2) is 0 Å². The van der Waals surface area contributed by atoms with Crippen LogP contribution in [0.3, 0.4) is 0 Å². The lowest BCUT2D eigenvalue weighted by molar-refractivity contribution is -0.146. The molecule has 3 saturated carbocycles. The number of amides is 1. The number of ether oxygens (including phenoxy) is 5. The quantitative estimate of drug-likeness (QED) is 0.154. The predicted molar refractivity (Wildman–Crippen MR) is 198 cm³/mol. The van der Waals surface area contributed by atoms with E-state index in [1.165, 1.54) is 31.2 Å². The van der Waals surface area contributed by atoms with E-state index >= 15 is 0 Å². The first kappa shape index (κ1) is 39.2. The van der Waals surface area contributed by atoms with Crippen molar-refractivity contribution in [2.75, 3.05) is 0 Å². The predicted octanol–water partition coefficient (Wildman–Crippen LogP) is 7.31. The molecule has 0 bridgehead atoms. The SMILES string of the molecule is CC(=O)Oc1ccc(C(=O)NC2CC(C(=O)Oc3ccc(OC(=O)C4CCCCC4)cc3)CC(C(=O)Oc3ccc(OC(=O)C4CCCCC4)cc3)C2)cc1. The zero-order valence-corrected chi connectivity index (χ0v) is 31.0. The monoisotopic (exact) mass is 753 g/mol. The Morgan fingerprint density at radius 2 is 0.764 bits per heavy atom. The maximum atomic E-state index is 13.6. The molecule has 2 unspecified atom stereocenters. The van der Waals surface area contributed by atoms with Crippen LogP contribution in [0.25, 0.3) is 0 Å². The van der Waals surface area contributed by atoms with Gasteiger partial charge in [0.1, 0.15) is 28.7 Å². The third kappa shape index (κ3) is 11.3. The second kappa shape index (κ2) is 18.7. The summed E-state index contributed by atoms with van der Waals surface area (Å²) in [6.07, 6.45) is 10.1. The third-order valence-corrected chi connectivity index (χ3v) is 10.5. The van der Waals surface area contributed by atoms with E-state index in [9.17, 15) is 28.8 Å². The summed E-state index contributed by atoms with van der Waals surface area (Å²) in [6.45, 7) is 1.28. The first-order chi connectivity index (χ1) is 26.6. The van der Waals surface area contributed by atoms with E-state index in [2.05, 4.69) is 5.32 Å². The van der Waals surface area contributed by atoms with Gasteiger partial charge in [0.2, 0.25) is 0 Å². The summed E-state index contributed by atoms with van der Waals surface area (Å²) >= 11 is 0. The molecule has 1 N–H and O–H groups in total. The van der Waals surface area contributed by atoms with Gasteiger partial charge in [-0.15, -0.1) is 0 Å². The number of esters is 5. The van der Waals surface area contributed by atoms with Gasteiger partial charge in [0.05, 0.1) is 23.7 Å². The number of nitrogens with one attached hydrogen (secondary N) is 1. The molecule has 3 fully saturated rings. The number of benzene rings is 3. The fourth-order valence-corrected chi connectivity index (χ4v) is 7.56. The number of carbonyl (C=O) groups excluding carboxylic acids is 6. The van der Waals surface area contributed by atoms with Crippen molar-refractivity contribution in [3.8, 4) is 28.7 Å². The van der Waals surface area contributed by atoms with Gasteiger partial charge < -0.3 is 29.0 Å². The Kier molecular flexibility index (Phi) is 13.3. The van der Waals surface area contributed by atoms with Crippen LogP contribution in [0.4, 0.5) is 0 Å². The fraction of sp³-hybridized carbons (Fsp3) is 0.442. The van der Waals surface area contributed by atoms with Crippen LogP contribution in [-0.2, 0) is 24.0 Å². The number of hydrogen-bond donors (Lipinski definition) is 1. The lowest BCUT2D eigenvalue weighted by Gasteiger charge is -2.33. The summed E-state index contributed by atoms with van der Waals surface area (Å²) < 4.78 is 27.6. The molecule has 0 aromatic heterocycles. The highest BCUT2D eigenvalue weighted by Gasteiger charge is 2.39. The summed E-state index contributed by atoms with van der Waals surface area (Å²) in [5.41, 5.74) is 0.299. The lowest BCUT2D eigenvalue weighted by atomic mass is 9.78. The molecule has 0 saturated heterocycles. The van der Waals surface area contributed by atoms with Gasteiger partial charge >= 0.3 is 29.8 Å². The largest absolute Gasteiger partial charge is 0.427 e. The van der Waals surface area contributed by atoms with E-state index in [1.54, 1.807) is 48.5 Å². The number of rotatable bonds is 11. The van der Waals surface area contributed by atoms with Crippen LogP contribution in [0.15, 0.2) is 72.8 Å². The van der Waals surface area contributed by atoms with Gasteiger partial charge in [-0.1, -0.05) is 38.5 Å². The maximum absolute atomic E-state index is 13.6. The van der Waals surface area contributed by atoms with E-state index in [-0.39, 0.29) is 60.3 Å². The average Bonchev–Trinajstić information content (AvgIpc) is 3.20. The standard InChI is InChI=1S/C43H47NO11/c1-27(45)51-34-14-12-28(13-15-34)39(46)44-33-25-31(42(49)54-37-20-16-35(17-21-37)52-40(47)29-8-4-2-5-9-29)24-32(26-33)43(50)55-38-22-18-36(19-23-38)53-41(48)30-10-6-3-7-11-30/h12-23,29-33H,2-11,24-26H2,1H3,(H,44,46). The average molecular weight is 754 g/mol. The molecule has 3 aliphatic rings. The Morgan fingerprint density at radius 1 is 0.436 bits per heavy atom. The van der Waals surface area contributed by atoms with E-state index < -0.39 is 41.7 Å². The van der Waals surface area contributed by atoms with Crippen LogP contribution in [0, 0.1) is 23.7 Å². The van der Waals surface area contributed by atoms with Crippen molar-refractivity contribution in [2.45, 2.75) is 96.4 Å². The van der Waals surface area contributed by atoms with Crippen LogP contribution in [0.5, 0.6) is 28.7 Å². The van der Waals surface area contributed by atoms with Crippen LogP contribution < -0.4 is 29.0 Å². The molecule has 290 valence electrons. The minimum absolute atomic E-state index is 0.110. The Morgan fingerprint density at radius 3 is 1.13 bits per heavy atom. The van der Waals surface area contributed by atoms with Crippen molar-refractivity contribution >= 4 is 35.8 Å². The molecule has 3 aromatic carbocycles. The molecule has 0 aliphatic heterocycles. The van der Waals surface area contributed by atoms with Crippen LogP contribution in [0.1, 0.15) is 101 Å². The highest BCUT2D eigenvalue weighted by Crippen LogP contribution is 2.34. The van der Waals surface area contributed by atoms with Crippen LogP contribution in [0.2, 0.25) is 0 Å². The van der Waals surface area contributed by atoms with Gasteiger partial charge in [-0.2, -0.15) is 0 Å².